The molecule has 0 bridgehead atoms. The van der Waals surface area contributed by atoms with Gasteiger partial charge < -0.3 is 9.72 Å². The van der Waals surface area contributed by atoms with Crippen LogP contribution in [-0.4, -0.2) is 28.0 Å². The number of pyridine rings is 1. The van der Waals surface area contributed by atoms with Crippen molar-refractivity contribution in [3.8, 4) is 11.5 Å². The number of aromatic amines is 1. The van der Waals surface area contributed by atoms with E-state index in [-0.39, 0.29) is 5.69 Å². The number of carbonyl (C=O) groups excluding carboxylic acids is 1. The Hall–Kier alpha value is -2.17. The van der Waals surface area contributed by atoms with Crippen LogP contribution >= 0.6 is 0 Å². The van der Waals surface area contributed by atoms with Crippen LogP contribution in [0.25, 0.3) is 11.5 Å². The quantitative estimate of drug-likeness (QED) is 0.775. The van der Waals surface area contributed by atoms with Crippen LogP contribution in [0, 0.1) is 6.92 Å². The molecule has 0 amide bonds. The Balaban J connectivity index is 2.35. The van der Waals surface area contributed by atoms with E-state index in [1.807, 2.05) is 25.1 Å². The van der Waals surface area contributed by atoms with Gasteiger partial charge in [0.1, 0.15) is 5.69 Å². The summed E-state index contributed by atoms with van der Waals surface area (Å²) in [5.41, 5.74) is 1.85. The number of methoxy groups -OCH3 is 1. The second kappa shape index (κ2) is 4.14. The van der Waals surface area contributed by atoms with Crippen molar-refractivity contribution in [1.29, 1.82) is 0 Å². The van der Waals surface area contributed by atoms with E-state index in [4.69, 9.17) is 0 Å². The molecular weight excluding hydrogens is 206 g/mol. The summed E-state index contributed by atoms with van der Waals surface area (Å²) < 4.78 is 4.57. The molecule has 2 heterocycles. The first-order valence-electron chi connectivity index (χ1n) is 4.78. The van der Waals surface area contributed by atoms with E-state index in [9.17, 15) is 4.79 Å². The molecular formula is C11H11N3O2. The Kier molecular flexibility index (Phi) is 2.68. The average Bonchev–Trinajstić information content (AvgIpc) is 2.77. The molecule has 0 aromatic carbocycles. The van der Waals surface area contributed by atoms with Crippen LogP contribution in [0.1, 0.15) is 16.2 Å². The molecule has 1 N–H and O–H groups in total. The molecule has 5 nitrogen and oxygen atoms in total. The summed E-state index contributed by atoms with van der Waals surface area (Å²) >= 11 is 0. The molecule has 82 valence electrons. The zero-order chi connectivity index (χ0) is 11.5. The molecule has 0 spiro atoms. The first-order valence-corrected chi connectivity index (χ1v) is 4.78. The van der Waals surface area contributed by atoms with E-state index in [0.29, 0.717) is 11.5 Å². The molecule has 0 fully saturated rings. The van der Waals surface area contributed by atoms with Crippen molar-refractivity contribution < 1.29 is 9.53 Å². The number of nitrogens with one attached hydrogen (secondary N) is 1. The smallest absolute Gasteiger partial charge is 0.358 e. The number of hydrogen-bond donors (Lipinski definition) is 1. The number of aryl methyl sites for hydroxylation is 1. The Morgan fingerprint density at radius 3 is 2.88 bits per heavy atom. The number of rotatable bonds is 2. The van der Waals surface area contributed by atoms with Crippen LogP contribution in [0.3, 0.4) is 0 Å². The van der Waals surface area contributed by atoms with E-state index in [1.54, 1.807) is 0 Å². The van der Waals surface area contributed by atoms with Crippen LogP contribution in [-0.2, 0) is 4.74 Å². The maximum atomic E-state index is 11.2. The topological polar surface area (TPSA) is 67.9 Å². The molecule has 0 radical (unpaired) electrons. The Morgan fingerprint density at radius 2 is 2.19 bits per heavy atom. The number of aromatic nitrogens is 3. The van der Waals surface area contributed by atoms with Crippen molar-refractivity contribution in [3.05, 3.63) is 35.8 Å². The fourth-order valence-electron chi connectivity index (χ4n) is 1.34. The second-order valence-corrected chi connectivity index (χ2v) is 3.29. The Labute approximate surface area is 92.5 Å². The van der Waals surface area contributed by atoms with E-state index in [2.05, 4.69) is 19.7 Å². The van der Waals surface area contributed by atoms with Gasteiger partial charge in [-0.1, -0.05) is 6.07 Å². The lowest BCUT2D eigenvalue weighted by Crippen LogP contribution is -2.01. The van der Waals surface area contributed by atoms with Gasteiger partial charge in [-0.05, 0) is 19.1 Å². The highest BCUT2D eigenvalue weighted by atomic mass is 16.5. The van der Waals surface area contributed by atoms with Crippen molar-refractivity contribution >= 4 is 5.97 Å². The van der Waals surface area contributed by atoms with Crippen LogP contribution in [0.4, 0.5) is 0 Å². The highest BCUT2D eigenvalue weighted by Crippen LogP contribution is 2.13. The first-order chi connectivity index (χ1) is 7.70. The molecule has 2 rings (SSSR count). The summed E-state index contributed by atoms with van der Waals surface area (Å²) in [6, 6.07) is 5.61. The standard InChI is InChI=1S/C11H11N3O2/c1-7-4-3-5-8(13-7)10-12-6-9(14-10)11(15)16-2/h3-6H,1-2H3,(H,12,14). The van der Waals surface area contributed by atoms with Gasteiger partial charge in [-0.15, -0.1) is 0 Å². The predicted molar refractivity (Wildman–Crippen MR) is 57.9 cm³/mol. The fourth-order valence-corrected chi connectivity index (χ4v) is 1.34. The lowest BCUT2D eigenvalue weighted by atomic mass is 10.3. The highest BCUT2D eigenvalue weighted by molar-refractivity contribution is 5.87. The van der Waals surface area contributed by atoms with E-state index < -0.39 is 5.97 Å². The molecule has 0 atom stereocenters. The van der Waals surface area contributed by atoms with Gasteiger partial charge in [0.25, 0.3) is 0 Å². The highest BCUT2D eigenvalue weighted by Gasteiger charge is 2.11. The maximum Gasteiger partial charge on any atom is 0.358 e. The summed E-state index contributed by atoms with van der Waals surface area (Å²) in [6.07, 6.45) is 1.51. The minimum atomic E-state index is -0.463. The molecule has 0 saturated heterocycles. The van der Waals surface area contributed by atoms with Gasteiger partial charge in [0, 0.05) is 11.9 Å². The third kappa shape index (κ3) is 1.93. The summed E-state index contributed by atoms with van der Waals surface area (Å²) in [6.45, 7) is 1.90. The molecule has 0 aliphatic heterocycles. The molecule has 0 unspecified atom stereocenters. The molecule has 16 heavy (non-hydrogen) atoms. The molecule has 0 saturated carbocycles. The van der Waals surface area contributed by atoms with Crippen molar-refractivity contribution in [2.45, 2.75) is 6.92 Å². The van der Waals surface area contributed by atoms with Crippen LogP contribution in [0.5, 0.6) is 0 Å². The van der Waals surface area contributed by atoms with Gasteiger partial charge in [-0.25, -0.2) is 14.8 Å². The van der Waals surface area contributed by atoms with Crippen molar-refractivity contribution in [1.82, 2.24) is 15.0 Å². The number of imidazole rings is 1. The van der Waals surface area contributed by atoms with Crippen LogP contribution < -0.4 is 0 Å². The lowest BCUT2D eigenvalue weighted by Gasteiger charge is -1.96. The monoisotopic (exact) mass is 217 g/mol. The third-order valence-electron chi connectivity index (χ3n) is 2.10. The summed E-state index contributed by atoms with van der Waals surface area (Å²) in [5, 5.41) is 0. The fraction of sp³-hybridized carbons (Fsp3) is 0.182. The van der Waals surface area contributed by atoms with Gasteiger partial charge in [0.05, 0.1) is 7.11 Å². The van der Waals surface area contributed by atoms with Gasteiger partial charge in [0.2, 0.25) is 0 Å². The van der Waals surface area contributed by atoms with Crippen molar-refractivity contribution in [2.24, 2.45) is 0 Å². The van der Waals surface area contributed by atoms with Gasteiger partial charge in [-0.3, -0.25) is 0 Å². The minimum Gasteiger partial charge on any atom is -0.464 e. The Morgan fingerprint density at radius 1 is 1.38 bits per heavy atom. The minimum absolute atomic E-state index is 0.251. The van der Waals surface area contributed by atoms with E-state index in [0.717, 1.165) is 5.69 Å². The van der Waals surface area contributed by atoms with Crippen molar-refractivity contribution in [2.75, 3.05) is 7.11 Å². The van der Waals surface area contributed by atoms with Gasteiger partial charge >= 0.3 is 5.97 Å². The number of H-pyrrole nitrogens is 1. The van der Waals surface area contributed by atoms with E-state index >= 15 is 0 Å². The summed E-state index contributed by atoms with van der Waals surface area (Å²) in [7, 11) is 1.32. The number of esters is 1. The predicted octanol–water partition coefficient (Wildman–Crippen LogP) is 1.57. The molecule has 0 aliphatic carbocycles. The number of carbonyl (C=O) groups is 1. The summed E-state index contributed by atoms with van der Waals surface area (Å²) in [4.78, 5) is 22.5. The zero-order valence-electron chi connectivity index (χ0n) is 9.02. The molecule has 2 aromatic heterocycles. The zero-order valence-corrected chi connectivity index (χ0v) is 9.02. The van der Waals surface area contributed by atoms with Gasteiger partial charge in [-0.2, -0.15) is 0 Å². The number of ether oxygens (including phenoxy) is 1. The maximum absolute atomic E-state index is 11.2. The number of hydrogen-bond acceptors (Lipinski definition) is 4. The Bertz CT molecular complexity index is 519. The largest absolute Gasteiger partial charge is 0.464 e. The number of nitrogens with zero attached hydrogens (tertiary/aromatic N) is 2. The normalized spacial score (nSPS) is 10.1. The first kappa shape index (κ1) is 10.4. The van der Waals surface area contributed by atoms with Crippen LogP contribution in [0.15, 0.2) is 24.4 Å². The third-order valence-corrected chi connectivity index (χ3v) is 2.10. The van der Waals surface area contributed by atoms with E-state index in [1.165, 1.54) is 13.3 Å². The average molecular weight is 217 g/mol. The second-order valence-electron chi connectivity index (χ2n) is 3.29. The lowest BCUT2D eigenvalue weighted by molar-refractivity contribution is 0.0595. The molecule has 0 aliphatic rings. The SMILES string of the molecule is COC(=O)c1c[nH]c(-c2cccc(C)n2)n1. The molecule has 5 heteroatoms. The van der Waals surface area contributed by atoms with Crippen LogP contribution in [0.2, 0.25) is 0 Å². The molecule has 2 aromatic rings. The van der Waals surface area contributed by atoms with Gasteiger partial charge in [0.15, 0.2) is 11.5 Å². The summed E-state index contributed by atoms with van der Waals surface area (Å²) in [5.74, 6) is 0.0965. The van der Waals surface area contributed by atoms with Crippen molar-refractivity contribution in [3.63, 3.8) is 0 Å².